The molecule has 0 fully saturated rings. The van der Waals surface area contributed by atoms with Crippen LogP contribution in [0.2, 0.25) is 5.02 Å². The lowest BCUT2D eigenvalue weighted by Gasteiger charge is -2.17. The Balaban J connectivity index is 1.71. The second-order valence-electron chi connectivity index (χ2n) is 7.30. The first-order valence-corrected chi connectivity index (χ1v) is 11.0. The van der Waals surface area contributed by atoms with Gasteiger partial charge >= 0.3 is 0 Å². The van der Waals surface area contributed by atoms with Crippen molar-refractivity contribution in [2.75, 3.05) is 0 Å². The van der Waals surface area contributed by atoms with Crippen LogP contribution in [0.4, 0.5) is 0 Å². The van der Waals surface area contributed by atoms with Crippen molar-refractivity contribution in [3.8, 4) is 11.1 Å². The number of amides is 1. The van der Waals surface area contributed by atoms with Crippen LogP contribution in [0, 0.1) is 6.92 Å². The molecule has 0 spiro atoms. The van der Waals surface area contributed by atoms with E-state index in [0.717, 1.165) is 26.9 Å². The van der Waals surface area contributed by atoms with E-state index < -0.39 is 6.04 Å². The van der Waals surface area contributed by atoms with Crippen molar-refractivity contribution < 1.29 is 9.21 Å². The van der Waals surface area contributed by atoms with Gasteiger partial charge in [-0.25, -0.2) is 4.98 Å². The molecule has 0 bridgehead atoms. The molecule has 158 valence electrons. The quantitative estimate of drug-likeness (QED) is 0.348. The smallest absolute Gasteiger partial charge is 0.254 e. The van der Waals surface area contributed by atoms with Gasteiger partial charge in [-0.2, -0.15) is 0 Å². The highest BCUT2D eigenvalue weighted by Crippen LogP contribution is 2.37. The summed E-state index contributed by atoms with van der Waals surface area (Å²) in [4.78, 5) is 17.8. The average Bonchev–Trinajstić information content (AvgIpc) is 3.39. The number of aromatic nitrogens is 2. The molecular weight excluding hydrogens is 478 g/mol. The minimum Gasteiger partial charge on any atom is -0.447 e. The Kier molecular flexibility index (Phi) is 6.30. The maximum Gasteiger partial charge on any atom is 0.254 e. The summed E-state index contributed by atoms with van der Waals surface area (Å²) in [5.41, 5.74) is 4.18. The summed E-state index contributed by atoms with van der Waals surface area (Å²) in [6, 6.07) is 15.2. The molecule has 0 aliphatic heterocycles. The fourth-order valence-corrected chi connectivity index (χ4v) is 4.27. The Hall–Kier alpha value is -2.83. The molecule has 4 rings (SSSR count). The number of oxazole rings is 1. The molecule has 4 aromatic rings. The van der Waals surface area contributed by atoms with Crippen molar-refractivity contribution in [3.63, 3.8) is 0 Å². The highest BCUT2D eigenvalue weighted by Gasteiger charge is 2.26. The molecule has 5 nitrogen and oxygen atoms in total. The van der Waals surface area contributed by atoms with Gasteiger partial charge in [-0.05, 0) is 40.0 Å². The third-order valence-electron chi connectivity index (χ3n) is 5.29. The summed E-state index contributed by atoms with van der Waals surface area (Å²) in [7, 11) is 1.92. The van der Waals surface area contributed by atoms with Crippen LogP contribution >= 0.6 is 27.5 Å². The van der Waals surface area contributed by atoms with Gasteiger partial charge in [-0.1, -0.05) is 54.1 Å². The maximum absolute atomic E-state index is 13.5. The molecule has 0 saturated carbocycles. The molecule has 0 aliphatic carbocycles. The summed E-state index contributed by atoms with van der Waals surface area (Å²) in [6.45, 7) is 1.92. The number of rotatable bonds is 6. The van der Waals surface area contributed by atoms with Gasteiger partial charge in [-0.15, -0.1) is 0 Å². The van der Waals surface area contributed by atoms with Gasteiger partial charge in [0.1, 0.15) is 12.3 Å². The van der Waals surface area contributed by atoms with Gasteiger partial charge in [0.15, 0.2) is 0 Å². The van der Waals surface area contributed by atoms with Crippen molar-refractivity contribution in [2.24, 2.45) is 7.05 Å². The van der Waals surface area contributed by atoms with Crippen LogP contribution in [-0.2, 0) is 13.5 Å². The summed E-state index contributed by atoms with van der Waals surface area (Å²) < 4.78 is 8.23. The lowest BCUT2D eigenvalue weighted by molar-refractivity contribution is 0.0930. The second kappa shape index (κ2) is 9.12. The molecule has 7 heteroatoms. The van der Waals surface area contributed by atoms with Crippen LogP contribution in [-0.4, -0.2) is 15.5 Å². The van der Waals surface area contributed by atoms with E-state index in [4.69, 9.17) is 16.0 Å². The molecule has 2 heterocycles. The lowest BCUT2D eigenvalue weighted by atomic mass is 10.0. The number of nitrogens with zero attached hydrogens (tertiary/aromatic N) is 2. The summed E-state index contributed by atoms with van der Waals surface area (Å²) in [5, 5.41) is 3.72. The zero-order valence-electron chi connectivity index (χ0n) is 17.1. The van der Waals surface area contributed by atoms with Gasteiger partial charge in [0, 0.05) is 35.4 Å². The van der Waals surface area contributed by atoms with Crippen LogP contribution in [0.1, 0.15) is 33.5 Å². The van der Waals surface area contributed by atoms with E-state index in [0.29, 0.717) is 22.9 Å². The summed E-state index contributed by atoms with van der Waals surface area (Å²) in [6.07, 6.45) is 5.61. The van der Waals surface area contributed by atoms with E-state index in [-0.39, 0.29) is 5.91 Å². The van der Waals surface area contributed by atoms with Crippen molar-refractivity contribution in [2.45, 2.75) is 19.4 Å². The van der Waals surface area contributed by atoms with Crippen molar-refractivity contribution in [1.29, 1.82) is 0 Å². The molecule has 1 N–H and O–H groups in total. The lowest BCUT2D eigenvalue weighted by Crippen LogP contribution is -2.31. The number of carbonyl (C=O) groups excluding carboxylic acids is 1. The normalized spacial score (nSPS) is 12.0. The highest BCUT2D eigenvalue weighted by atomic mass is 79.9. The first-order chi connectivity index (χ1) is 15.0. The topological polar surface area (TPSA) is 60.1 Å². The molecular formula is C24H21BrClN3O2. The second-order valence-corrected chi connectivity index (χ2v) is 8.50. The Labute approximate surface area is 194 Å². The first-order valence-electron chi connectivity index (χ1n) is 9.80. The van der Waals surface area contributed by atoms with Gasteiger partial charge in [0.2, 0.25) is 5.89 Å². The molecule has 1 unspecified atom stereocenters. The van der Waals surface area contributed by atoms with E-state index in [9.17, 15) is 4.79 Å². The molecule has 2 aromatic heterocycles. The van der Waals surface area contributed by atoms with Crippen LogP contribution in [0.25, 0.3) is 11.1 Å². The SMILES string of the molecule is Cc1c(C(=O)NC(Cc2ccccc2)c2ncco2)c(-c2cccc(Cl)c2Br)cn1C. The highest BCUT2D eigenvalue weighted by molar-refractivity contribution is 9.10. The number of hydrogen-bond donors (Lipinski definition) is 1. The first kappa shape index (κ1) is 21.4. The monoisotopic (exact) mass is 497 g/mol. The molecule has 0 saturated heterocycles. The molecule has 31 heavy (non-hydrogen) atoms. The Morgan fingerprint density at radius 3 is 2.68 bits per heavy atom. The molecule has 1 atom stereocenters. The van der Waals surface area contributed by atoms with Crippen molar-refractivity contribution >= 4 is 33.4 Å². The minimum atomic E-state index is -0.403. The molecule has 2 aromatic carbocycles. The molecule has 0 radical (unpaired) electrons. The number of aryl methyl sites for hydroxylation is 1. The average molecular weight is 499 g/mol. The summed E-state index contributed by atoms with van der Waals surface area (Å²) >= 11 is 9.87. The van der Waals surface area contributed by atoms with Gasteiger partial charge in [0.05, 0.1) is 16.8 Å². The van der Waals surface area contributed by atoms with Crippen LogP contribution < -0.4 is 5.32 Å². The van der Waals surface area contributed by atoms with Crippen LogP contribution in [0.15, 0.2) is 76.1 Å². The van der Waals surface area contributed by atoms with E-state index in [1.807, 2.05) is 73.3 Å². The van der Waals surface area contributed by atoms with Crippen molar-refractivity contribution in [1.82, 2.24) is 14.9 Å². The van der Waals surface area contributed by atoms with Crippen molar-refractivity contribution in [3.05, 3.63) is 99.4 Å². The van der Waals surface area contributed by atoms with Crippen LogP contribution in [0.5, 0.6) is 0 Å². The van der Waals surface area contributed by atoms with Crippen LogP contribution in [0.3, 0.4) is 0 Å². The maximum atomic E-state index is 13.5. The number of benzene rings is 2. The van der Waals surface area contributed by atoms with E-state index >= 15 is 0 Å². The van der Waals surface area contributed by atoms with Gasteiger partial charge in [0.25, 0.3) is 5.91 Å². The largest absolute Gasteiger partial charge is 0.447 e. The van der Waals surface area contributed by atoms with E-state index in [2.05, 4.69) is 26.2 Å². The number of halogens is 2. The summed E-state index contributed by atoms with van der Waals surface area (Å²) in [5.74, 6) is 0.273. The molecule has 1 amide bonds. The van der Waals surface area contributed by atoms with Gasteiger partial charge in [-0.3, -0.25) is 4.79 Å². The zero-order valence-corrected chi connectivity index (χ0v) is 19.4. The minimum absolute atomic E-state index is 0.195. The predicted molar refractivity (Wildman–Crippen MR) is 125 cm³/mol. The Morgan fingerprint density at radius 2 is 1.97 bits per heavy atom. The standard InChI is InChI=1S/C24H21BrClN3O2/c1-15-21(18(14-29(15)2)17-9-6-10-19(26)22(17)25)23(30)28-20(24-27-11-12-31-24)13-16-7-4-3-5-8-16/h3-12,14,20H,13H2,1-2H3,(H,28,30). The number of carbonyl (C=O) groups is 1. The fourth-order valence-electron chi connectivity index (χ4n) is 3.62. The van der Waals surface area contributed by atoms with Gasteiger partial charge < -0.3 is 14.3 Å². The zero-order chi connectivity index (χ0) is 22.0. The van der Waals surface area contributed by atoms with E-state index in [1.54, 1.807) is 6.20 Å². The third kappa shape index (κ3) is 4.45. The number of nitrogens with one attached hydrogen (secondary N) is 1. The molecule has 0 aliphatic rings. The number of hydrogen-bond acceptors (Lipinski definition) is 3. The van der Waals surface area contributed by atoms with E-state index in [1.165, 1.54) is 6.26 Å². The third-order valence-corrected chi connectivity index (χ3v) is 6.69. The Morgan fingerprint density at radius 1 is 1.19 bits per heavy atom. The fraction of sp³-hybridized carbons (Fsp3) is 0.167. The predicted octanol–water partition coefficient (Wildman–Crippen LogP) is 6.12. The Bertz CT molecular complexity index is 1200.